The molecule has 0 aliphatic carbocycles. The number of ether oxygens (including phenoxy) is 2. The first-order valence-corrected chi connectivity index (χ1v) is 20.5. The molecule has 1 spiro atoms. The van der Waals surface area contributed by atoms with Crippen LogP contribution in [0.15, 0.2) is 77.3 Å². The monoisotopic (exact) mass is 765 g/mol. The fourth-order valence-corrected chi connectivity index (χ4v) is 10.7. The molecule has 6 rings (SSSR count). The molecule has 0 saturated carbocycles. The fraction of sp³-hybridized carbons (Fsp3) is 0.405. The van der Waals surface area contributed by atoms with Crippen molar-refractivity contribution in [2.45, 2.75) is 76.3 Å². The zero-order chi connectivity index (χ0) is 36.0. The van der Waals surface area contributed by atoms with E-state index in [0.717, 1.165) is 15.6 Å². The van der Waals surface area contributed by atoms with Gasteiger partial charge in [0, 0.05) is 47.2 Å². The van der Waals surface area contributed by atoms with Crippen molar-refractivity contribution in [1.29, 1.82) is 0 Å². The molecule has 3 amide bonds. The Hall–Kier alpha value is -3.91. The minimum atomic E-state index is -3.54. The third-order valence-electron chi connectivity index (χ3n) is 9.97. The Bertz CT molecular complexity index is 1810. The van der Waals surface area contributed by atoms with Crippen LogP contribution in [-0.4, -0.2) is 67.6 Å². The lowest BCUT2D eigenvalue weighted by molar-refractivity contribution is -0.154. The fourth-order valence-electron chi connectivity index (χ4n) is 7.86. The molecule has 1 N–H and O–H groups in total. The van der Waals surface area contributed by atoms with Crippen molar-refractivity contribution in [2.24, 2.45) is 5.92 Å². The third kappa shape index (κ3) is 6.63. The Morgan fingerprint density at radius 1 is 1.08 bits per heavy atom. The minimum absolute atomic E-state index is 0.0947. The van der Waals surface area contributed by atoms with Crippen LogP contribution in [0, 0.1) is 5.92 Å². The van der Waals surface area contributed by atoms with E-state index >= 15 is 4.11 Å². The highest BCUT2D eigenvalue weighted by Gasteiger charge is 2.67. The number of nitrogens with zero attached hydrogens (tertiary/aromatic N) is 3. The van der Waals surface area contributed by atoms with Gasteiger partial charge >= 0.3 is 5.97 Å². The number of aliphatic hydroxyl groups excluding tert-OH is 1. The van der Waals surface area contributed by atoms with Crippen molar-refractivity contribution in [3.63, 3.8) is 0 Å². The predicted octanol–water partition coefficient (Wildman–Crippen LogP) is 5.81. The van der Waals surface area contributed by atoms with E-state index in [2.05, 4.69) is 15.9 Å². The number of benzene rings is 3. The Morgan fingerprint density at radius 3 is 2.46 bits per heavy atom. The maximum Gasteiger partial charge on any atom is 0.304 e. The van der Waals surface area contributed by atoms with Crippen molar-refractivity contribution in [1.82, 2.24) is 4.90 Å². The van der Waals surface area contributed by atoms with Gasteiger partial charge in [-0.2, -0.15) is 0 Å². The van der Waals surface area contributed by atoms with Crippen LogP contribution in [0.2, 0.25) is 18.6 Å². The number of anilines is 2. The number of carbonyl (C=O) groups excluding carboxylic acids is 4. The first-order chi connectivity index (χ1) is 23.7. The molecular weight excluding hydrogens is 725 g/mol. The number of carbonyl (C=O) groups is 4. The molecule has 2 saturated heterocycles. The summed E-state index contributed by atoms with van der Waals surface area (Å²) in [7, 11) is -3.54. The van der Waals surface area contributed by atoms with Crippen LogP contribution in [-0.2, 0) is 47.3 Å². The number of aliphatic hydroxyl groups is 1. The molecule has 3 aromatic rings. The van der Waals surface area contributed by atoms with Crippen LogP contribution < -0.4 is 9.80 Å². The Kier molecular flexibility index (Phi) is 10.1. The van der Waals surface area contributed by atoms with Crippen LogP contribution >= 0.6 is 15.9 Å². The number of fused-ring (bicyclic) bond motifs is 2. The highest BCUT2D eigenvalue weighted by molar-refractivity contribution is 9.10. The summed E-state index contributed by atoms with van der Waals surface area (Å²) < 4.78 is 29.2. The molecule has 3 heterocycles. The van der Waals surface area contributed by atoms with Gasteiger partial charge in [0.05, 0.1) is 37.8 Å². The van der Waals surface area contributed by atoms with Crippen molar-refractivity contribution >= 4 is 59.4 Å². The van der Waals surface area contributed by atoms with Crippen molar-refractivity contribution < 1.29 is 37.9 Å². The summed E-state index contributed by atoms with van der Waals surface area (Å²) in [6, 6.07) is 22.1. The van der Waals surface area contributed by atoms with Gasteiger partial charge in [-0.3, -0.25) is 24.1 Å². The van der Waals surface area contributed by atoms with Crippen LogP contribution in [0.3, 0.4) is 0 Å². The summed E-state index contributed by atoms with van der Waals surface area (Å²) in [4.78, 5) is 57.4. The lowest BCUT2D eigenvalue weighted by Crippen LogP contribution is -2.54. The van der Waals surface area contributed by atoms with Crippen LogP contribution in [0.1, 0.15) is 43.4 Å². The summed E-state index contributed by atoms with van der Waals surface area (Å²) in [6.45, 7) is 6.60. The van der Waals surface area contributed by atoms with Gasteiger partial charge in [-0.15, -0.1) is 0 Å². The molecule has 0 aromatic heterocycles. The second-order valence-corrected chi connectivity index (χ2v) is 18.5. The molecule has 3 aromatic carbocycles. The van der Waals surface area contributed by atoms with Gasteiger partial charge < -0.3 is 28.5 Å². The molecule has 13 heteroatoms. The number of β-lactam (4-membered cyclic amide) rings is 1. The van der Waals surface area contributed by atoms with E-state index in [1.54, 1.807) is 41.1 Å². The molecule has 10 nitrogen and oxygen atoms in total. The molecule has 3 aliphatic heterocycles. The predicted molar refractivity (Wildman–Crippen MR) is 191 cm³/mol. The molecule has 0 bridgehead atoms. The van der Waals surface area contributed by atoms with E-state index in [0.29, 0.717) is 16.9 Å². The summed E-state index contributed by atoms with van der Waals surface area (Å²) >= 11 is 3.56. The average molecular weight is 767 g/mol. The molecule has 2 fully saturated rings. The van der Waals surface area contributed by atoms with Crippen molar-refractivity contribution in [3.8, 4) is 0 Å². The SMILES string of the molecule is CC(=O)OC1CC(=O)N1c1cccc(CN2C(=O)[C@]3(O[C@H](CC(=O)N(CCO)Cc4ccccc4)[C@@H]([Si](C)(C)F)[C@@H]3C)c3cc(Br)ccc32)c1. The summed E-state index contributed by atoms with van der Waals surface area (Å²) in [6.07, 6.45) is -1.62. The molecule has 1 unspecified atom stereocenters. The number of halogens is 2. The topological polar surface area (TPSA) is 117 Å². The number of hydrogen-bond acceptors (Lipinski definition) is 7. The smallest absolute Gasteiger partial charge is 0.304 e. The zero-order valence-corrected chi connectivity index (χ0v) is 31.1. The standard InChI is InChI=1S/C37H41BrFN3O7Si/c1-23-35(50(3,4)39)31(19-32(45)40(15-16-43)21-25-9-6-5-7-10-25)49-37(23)29-18-27(38)13-14-30(29)41(36(37)47)22-26-11-8-12-28(17-26)42-33(46)20-34(42)48-24(2)44/h5-14,17-18,23,31,34-35,43H,15-16,19-22H2,1-4H3/t23-,31+,34?,35-,37+/m0/s1. The maximum atomic E-state index is 16.4. The lowest BCUT2D eigenvalue weighted by atomic mass is 9.82. The highest BCUT2D eigenvalue weighted by Crippen LogP contribution is 2.60. The Balaban J connectivity index is 1.32. The number of esters is 1. The van der Waals surface area contributed by atoms with Gasteiger partial charge in [0.1, 0.15) is 0 Å². The Morgan fingerprint density at radius 2 is 1.80 bits per heavy atom. The van der Waals surface area contributed by atoms with Gasteiger partial charge in [-0.05, 0) is 54.6 Å². The number of amides is 3. The summed E-state index contributed by atoms with van der Waals surface area (Å²) in [5.74, 6) is -1.91. The molecule has 5 atom stereocenters. The van der Waals surface area contributed by atoms with Gasteiger partial charge in [0.15, 0.2) is 11.8 Å². The first kappa shape index (κ1) is 35.9. The Labute approximate surface area is 300 Å². The first-order valence-electron chi connectivity index (χ1n) is 16.7. The van der Waals surface area contributed by atoms with Crippen LogP contribution in [0.4, 0.5) is 15.5 Å². The maximum absolute atomic E-state index is 16.4. The largest absolute Gasteiger partial charge is 0.441 e. The third-order valence-corrected chi connectivity index (χ3v) is 12.9. The summed E-state index contributed by atoms with van der Waals surface area (Å²) in [5.41, 5.74) is 1.14. The van der Waals surface area contributed by atoms with Crippen LogP contribution in [0.25, 0.3) is 0 Å². The second-order valence-electron chi connectivity index (χ2n) is 13.8. The second kappa shape index (κ2) is 14.0. The quantitative estimate of drug-likeness (QED) is 0.113. The van der Waals surface area contributed by atoms with Crippen molar-refractivity contribution in [2.75, 3.05) is 23.0 Å². The number of rotatable bonds is 11. The summed E-state index contributed by atoms with van der Waals surface area (Å²) in [5, 5.41) is 9.79. The molecule has 0 radical (unpaired) electrons. The molecule has 264 valence electrons. The lowest BCUT2D eigenvalue weighted by Gasteiger charge is -2.39. The molecule has 3 aliphatic rings. The van der Waals surface area contributed by atoms with Gasteiger partial charge in [-0.25, -0.2) is 0 Å². The van der Waals surface area contributed by atoms with E-state index in [-0.39, 0.29) is 56.8 Å². The van der Waals surface area contributed by atoms with Crippen LogP contribution in [0.5, 0.6) is 0 Å². The van der Waals surface area contributed by atoms with E-state index in [1.165, 1.54) is 11.8 Å². The van der Waals surface area contributed by atoms with Gasteiger partial charge in [0.25, 0.3) is 5.91 Å². The number of hydrogen-bond donors (Lipinski definition) is 1. The van der Waals surface area contributed by atoms with Crippen molar-refractivity contribution in [3.05, 3.63) is 94.0 Å². The average Bonchev–Trinajstić information content (AvgIpc) is 3.47. The molecular formula is C37H41BrFN3O7Si. The van der Waals surface area contributed by atoms with E-state index < -0.39 is 43.8 Å². The molecule has 50 heavy (non-hydrogen) atoms. The normalized spacial score (nSPS) is 24.4. The highest BCUT2D eigenvalue weighted by atomic mass is 79.9. The van der Waals surface area contributed by atoms with E-state index in [1.807, 2.05) is 61.5 Å². The zero-order valence-electron chi connectivity index (χ0n) is 28.5. The van der Waals surface area contributed by atoms with E-state index in [4.69, 9.17) is 9.47 Å². The minimum Gasteiger partial charge on any atom is -0.441 e. The van der Waals surface area contributed by atoms with Gasteiger partial charge in [-0.1, -0.05) is 65.3 Å². The van der Waals surface area contributed by atoms with Gasteiger partial charge in [0.2, 0.25) is 20.2 Å². The van der Waals surface area contributed by atoms with E-state index in [9.17, 15) is 24.3 Å².